The van der Waals surface area contributed by atoms with E-state index in [0.717, 1.165) is 0 Å². The molecule has 12 heavy (non-hydrogen) atoms. The van der Waals surface area contributed by atoms with Crippen LogP contribution in [0.5, 0.6) is 0 Å². The van der Waals surface area contributed by atoms with Gasteiger partial charge >= 0.3 is 0 Å². The lowest BCUT2D eigenvalue weighted by atomic mass is 10.0. The molecule has 0 aromatic carbocycles. The van der Waals surface area contributed by atoms with Crippen molar-refractivity contribution >= 4 is 0 Å². The van der Waals surface area contributed by atoms with Gasteiger partial charge in [0.05, 0.1) is 12.1 Å². The molecule has 0 amide bonds. The van der Waals surface area contributed by atoms with E-state index in [2.05, 4.69) is 6.07 Å². The highest BCUT2D eigenvalue weighted by Gasteiger charge is 2.15. The van der Waals surface area contributed by atoms with Crippen molar-refractivity contribution in [1.82, 2.24) is 4.90 Å². The molecule has 0 bridgehead atoms. The minimum atomic E-state index is -0.158. The van der Waals surface area contributed by atoms with Crippen LogP contribution in [0.3, 0.4) is 0 Å². The maximum atomic E-state index is 8.76. The van der Waals surface area contributed by atoms with Crippen LogP contribution in [0.4, 0.5) is 0 Å². The predicted octanol–water partition coefficient (Wildman–Crippen LogP) is 1.16. The minimum absolute atomic E-state index is 0.0876. The number of hydrogen-bond acceptors (Lipinski definition) is 3. The second-order valence-corrected chi connectivity index (χ2v) is 2.88. The fraction of sp³-hybridized carbons (Fsp3) is 0.556. The molecule has 2 unspecified atom stereocenters. The van der Waals surface area contributed by atoms with Gasteiger partial charge in [-0.05, 0) is 14.1 Å². The van der Waals surface area contributed by atoms with E-state index in [1.54, 1.807) is 6.08 Å². The first-order chi connectivity index (χ1) is 5.63. The largest absolute Gasteiger partial charge is 0.294 e. The van der Waals surface area contributed by atoms with E-state index in [9.17, 15) is 0 Å². The molecule has 0 aliphatic rings. The number of nitrogens with zero attached hydrogens (tertiary/aromatic N) is 3. The van der Waals surface area contributed by atoms with E-state index in [1.807, 2.05) is 32.0 Å². The van der Waals surface area contributed by atoms with Gasteiger partial charge in [-0.3, -0.25) is 4.90 Å². The molecular weight excluding hydrogens is 150 g/mol. The van der Waals surface area contributed by atoms with Crippen molar-refractivity contribution < 1.29 is 0 Å². The van der Waals surface area contributed by atoms with Crippen molar-refractivity contribution in [3.63, 3.8) is 0 Å². The van der Waals surface area contributed by atoms with Crippen molar-refractivity contribution in [3.05, 3.63) is 12.2 Å². The molecule has 0 aliphatic heterocycles. The third-order valence-corrected chi connectivity index (χ3v) is 1.66. The lowest BCUT2D eigenvalue weighted by molar-refractivity contribution is 0.303. The number of rotatable bonds is 3. The Morgan fingerprint density at radius 2 is 1.92 bits per heavy atom. The first-order valence-corrected chi connectivity index (χ1v) is 3.75. The average molecular weight is 163 g/mol. The van der Waals surface area contributed by atoms with Gasteiger partial charge in [0.25, 0.3) is 0 Å². The summed E-state index contributed by atoms with van der Waals surface area (Å²) in [7, 11) is 3.70. The third kappa shape index (κ3) is 3.18. The smallest absolute Gasteiger partial charge is 0.103 e. The molecule has 64 valence electrons. The maximum Gasteiger partial charge on any atom is 0.103 e. The van der Waals surface area contributed by atoms with Crippen molar-refractivity contribution in [3.8, 4) is 12.1 Å². The summed E-state index contributed by atoms with van der Waals surface area (Å²) in [6, 6.07) is 3.93. The summed E-state index contributed by atoms with van der Waals surface area (Å²) in [4.78, 5) is 1.84. The van der Waals surface area contributed by atoms with E-state index < -0.39 is 0 Å². The second-order valence-electron chi connectivity index (χ2n) is 2.88. The molecule has 2 atom stereocenters. The molecule has 0 N–H and O–H groups in total. The van der Waals surface area contributed by atoms with E-state index in [-0.39, 0.29) is 12.0 Å². The molecule has 0 saturated carbocycles. The van der Waals surface area contributed by atoms with Crippen molar-refractivity contribution in [2.75, 3.05) is 14.1 Å². The number of hydrogen-bond donors (Lipinski definition) is 0. The van der Waals surface area contributed by atoms with Gasteiger partial charge in [0.15, 0.2) is 0 Å². The summed E-state index contributed by atoms with van der Waals surface area (Å²) in [6.07, 6.45) is 3.16. The van der Waals surface area contributed by atoms with E-state index in [4.69, 9.17) is 10.5 Å². The Labute approximate surface area is 73.5 Å². The van der Waals surface area contributed by atoms with Gasteiger partial charge in [0.1, 0.15) is 6.04 Å². The fourth-order valence-electron chi connectivity index (χ4n) is 1.00. The topological polar surface area (TPSA) is 50.8 Å². The zero-order valence-electron chi connectivity index (χ0n) is 7.65. The van der Waals surface area contributed by atoms with E-state index in [0.29, 0.717) is 0 Å². The molecule has 0 aliphatic carbocycles. The van der Waals surface area contributed by atoms with Crippen LogP contribution in [-0.2, 0) is 0 Å². The van der Waals surface area contributed by atoms with Crippen molar-refractivity contribution in [1.29, 1.82) is 10.5 Å². The molecule has 0 rings (SSSR count). The first-order valence-electron chi connectivity index (χ1n) is 3.75. The lowest BCUT2D eigenvalue weighted by Gasteiger charge is -2.20. The van der Waals surface area contributed by atoms with E-state index >= 15 is 0 Å². The Morgan fingerprint density at radius 1 is 1.33 bits per heavy atom. The molecule has 3 nitrogen and oxygen atoms in total. The Morgan fingerprint density at radius 3 is 2.25 bits per heavy atom. The summed E-state index contributed by atoms with van der Waals surface area (Å²) in [5, 5.41) is 17.0. The molecule has 3 heteroatoms. The Kier molecular flexibility index (Phi) is 4.76. The minimum Gasteiger partial charge on any atom is -0.294 e. The van der Waals surface area contributed by atoms with Crippen LogP contribution in [0, 0.1) is 28.6 Å². The summed E-state index contributed by atoms with van der Waals surface area (Å²) >= 11 is 0. The maximum absolute atomic E-state index is 8.76. The zero-order chi connectivity index (χ0) is 9.56. The highest BCUT2D eigenvalue weighted by atomic mass is 15.1. The van der Waals surface area contributed by atoms with Crippen LogP contribution in [0.25, 0.3) is 0 Å². The highest BCUT2D eigenvalue weighted by molar-refractivity contribution is 5.08. The monoisotopic (exact) mass is 163 g/mol. The summed E-state index contributed by atoms with van der Waals surface area (Å²) in [5.74, 6) is 0.0876. The van der Waals surface area contributed by atoms with Gasteiger partial charge in [-0.25, -0.2) is 0 Å². The average Bonchev–Trinajstić information content (AvgIpc) is 2.01. The van der Waals surface area contributed by atoms with Crippen molar-refractivity contribution in [2.45, 2.75) is 13.0 Å². The second kappa shape index (κ2) is 5.35. The Hall–Kier alpha value is -1.32. The van der Waals surface area contributed by atoms with Crippen molar-refractivity contribution in [2.24, 2.45) is 5.92 Å². The first kappa shape index (κ1) is 10.7. The van der Waals surface area contributed by atoms with E-state index in [1.165, 1.54) is 6.08 Å². The predicted molar refractivity (Wildman–Crippen MR) is 47.0 cm³/mol. The molecule has 0 spiro atoms. The van der Waals surface area contributed by atoms with Gasteiger partial charge in [0.2, 0.25) is 0 Å². The molecule has 0 radical (unpaired) electrons. The highest BCUT2D eigenvalue weighted by Crippen LogP contribution is 2.08. The Balaban J connectivity index is 4.26. The SMILES string of the molecule is CC(/C=C\C#N)C(C#N)N(C)C. The number of nitriles is 2. The fourth-order valence-corrected chi connectivity index (χ4v) is 1.00. The normalized spacial score (nSPS) is 15.5. The van der Waals surface area contributed by atoms with Crippen LogP contribution in [0.2, 0.25) is 0 Å². The summed E-state index contributed by atoms with van der Waals surface area (Å²) in [6.45, 7) is 1.92. The number of allylic oxidation sites excluding steroid dienone is 1. The zero-order valence-corrected chi connectivity index (χ0v) is 7.65. The van der Waals surface area contributed by atoms with Crippen LogP contribution >= 0.6 is 0 Å². The quantitative estimate of drug-likeness (QED) is 0.586. The lowest BCUT2D eigenvalue weighted by Crippen LogP contribution is -2.31. The van der Waals surface area contributed by atoms with Crippen LogP contribution < -0.4 is 0 Å². The molecule has 0 aromatic rings. The van der Waals surface area contributed by atoms with Gasteiger partial charge in [-0.15, -0.1) is 0 Å². The molecule has 0 saturated heterocycles. The molecular formula is C9H13N3. The van der Waals surface area contributed by atoms with Crippen LogP contribution in [0.1, 0.15) is 6.92 Å². The summed E-state index contributed by atoms with van der Waals surface area (Å²) in [5.41, 5.74) is 0. The van der Waals surface area contributed by atoms with Gasteiger partial charge in [0, 0.05) is 12.0 Å². The standard InChI is InChI=1S/C9H13N3/c1-8(5-4-6-10)9(7-11)12(2)3/h4-5,8-9H,1-3H3/b5-4-. The molecule has 0 heterocycles. The molecule has 0 aromatic heterocycles. The Bertz CT molecular complexity index is 229. The van der Waals surface area contributed by atoms with Crippen LogP contribution in [-0.4, -0.2) is 25.0 Å². The molecule has 0 fully saturated rings. The van der Waals surface area contributed by atoms with Gasteiger partial charge in [-0.2, -0.15) is 10.5 Å². The third-order valence-electron chi connectivity index (χ3n) is 1.66. The van der Waals surface area contributed by atoms with Gasteiger partial charge < -0.3 is 0 Å². The summed E-state index contributed by atoms with van der Waals surface area (Å²) < 4.78 is 0. The van der Waals surface area contributed by atoms with Gasteiger partial charge in [-0.1, -0.05) is 13.0 Å². The van der Waals surface area contributed by atoms with Crippen LogP contribution in [0.15, 0.2) is 12.2 Å².